The van der Waals surface area contributed by atoms with Gasteiger partial charge in [-0.2, -0.15) is 10.1 Å². The van der Waals surface area contributed by atoms with E-state index < -0.39 is 0 Å². The lowest BCUT2D eigenvalue weighted by Gasteiger charge is -2.37. The summed E-state index contributed by atoms with van der Waals surface area (Å²) >= 11 is 0. The highest BCUT2D eigenvalue weighted by Crippen LogP contribution is 2.25. The summed E-state index contributed by atoms with van der Waals surface area (Å²) in [5, 5.41) is 8.46. The topological polar surface area (TPSA) is 48.4 Å². The van der Waals surface area contributed by atoms with E-state index in [1.165, 1.54) is 22.4 Å². The van der Waals surface area contributed by atoms with Gasteiger partial charge in [-0.25, -0.2) is 0 Å². The molecule has 0 radical (unpaired) electrons. The molecule has 1 fully saturated rings. The molecule has 0 unspecified atom stereocenters. The first-order valence-corrected chi connectivity index (χ1v) is 10.1. The van der Waals surface area contributed by atoms with Gasteiger partial charge in [0.1, 0.15) is 0 Å². The summed E-state index contributed by atoms with van der Waals surface area (Å²) in [6.45, 7) is 8.94. The average Bonchev–Trinajstić information content (AvgIpc) is 2.77. The van der Waals surface area contributed by atoms with Crippen LogP contribution >= 0.6 is 0 Å². The number of nitrogens with zero attached hydrogens (tertiary/aromatic N) is 6. The van der Waals surface area contributed by atoms with Crippen LogP contribution in [0.2, 0.25) is 0 Å². The molecule has 1 aromatic heterocycles. The number of hydrogen-bond donors (Lipinski definition) is 0. The number of benzene rings is 2. The summed E-state index contributed by atoms with van der Waals surface area (Å²) in [6, 6.07) is 16.9. The highest BCUT2D eigenvalue weighted by molar-refractivity contribution is 5.57. The van der Waals surface area contributed by atoms with Crippen LogP contribution in [-0.4, -0.2) is 48.4 Å². The van der Waals surface area contributed by atoms with Crippen LogP contribution in [-0.2, 0) is 6.54 Å². The van der Waals surface area contributed by atoms with Gasteiger partial charge < -0.3 is 14.7 Å². The standard InChI is InChI=1S/C23H28N6/c1-18-8-7-11-21(19(18)2)28-12-14-29(15-13-28)22-16-24-26-23(25-22)27(3)17-20-9-5-4-6-10-20/h4-11,16H,12-15,17H2,1-3H3. The molecule has 150 valence electrons. The quantitative estimate of drug-likeness (QED) is 0.667. The Morgan fingerprint density at radius 2 is 1.62 bits per heavy atom. The third kappa shape index (κ3) is 4.31. The van der Waals surface area contributed by atoms with E-state index in [0.29, 0.717) is 5.95 Å². The molecule has 0 spiro atoms. The van der Waals surface area contributed by atoms with E-state index >= 15 is 0 Å². The lowest BCUT2D eigenvalue weighted by Crippen LogP contribution is -2.47. The van der Waals surface area contributed by atoms with Crippen LogP contribution in [0, 0.1) is 13.8 Å². The van der Waals surface area contributed by atoms with Gasteiger partial charge >= 0.3 is 0 Å². The zero-order valence-electron chi connectivity index (χ0n) is 17.4. The Labute approximate surface area is 172 Å². The van der Waals surface area contributed by atoms with Crippen molar-refractivity contribution in [3.8, 4) is 0 Å². The Balaban J connectivity index is 1.42. The molecule has 2 aromatic carbocycles. The number of rotatable bonds is 5. The summed E-state index contributed by atoms with van der Waals surface area (Å²) in [4.78, 5) is 11.6. The van der Waals surface area contributed by atoms with Crippen LogP contribution in [0.4, 0.5) is 17.5 Å². The van der Waals surface area contributed by atoms with Gasteiger partial charge in [0.15, 0.2) is 5.82 Å². The summed E-state index contributed by atoms with van der Waals surface area (Å²) < 4.78 is 0. The lowest BCUT2D eigenvalue weighted by atomic mass is 10.1. The first-order chi connectivity index (χ1) is 14.1. The molecule has 0 saturated carbocycles. The molecule has 0 N–H and O–H groups in total. The molecule has 1 aliphatic rings. The van der Waals surface area contributed by atoms with Crippen LogP contribution in [0.3, 0.4) is 0 Å². The Morgan fingerprint density at radius 1 is 0.897 bits per heavy atom. The molecule has 0 atom stereocenters. The van der Waals surface area contributed by atoms with Crippen molar-refractivity contribution in [1.82, 2.24) is 15.2 Å². The molecule has 0 aliphatic carbocycles. The molecule has 6 nitrogen and oxygen atoms in total. The van der Waals surface area contributed by atoms with E-state index in [2.05, 4.69) is 64.2 Å². The van der Waals surface area contributed by atoms with Gasteiger partial charge in [0.25, 0.3) is 0 Å². The maximum atomic E-state index is 4.78. The van der Waals surface area contributed by atoms with Crippen molar-refractivity contribution in [3.05, 3.63) is 71.4 Å². The fourth-order valence-electron chi connectivity index (χ4n) is 3.78. The van der Waals surface area contributed by atoms with E-state index in [9.17, 15) is 0 Å². The molecular formula is C23H28N6. The first-order valence-electron chi connectivity index (χ1n) is 10.1. The second kappa shape index (κ2) is 8.47. The molecule has 0 bridgehead atoms. The smallest absolute Gasteiger partial charge is 0.247 e. The second-order valence-corrected chi connectivity index (χ2v) is 7.65. The molecule has 2 heterocycles. The van der Waals surface area contributed by atoms with E-state index in [0.717, 1.165) is 38.5 Å². The van der Waals surface area contributed by atoms with Crippen molar-refractivity contribution in [2.24, 2.45) is 0 Å². The van der Waals surface area contributed by atoms with Gasteiger partial charge in [-0.1, -0.05) is 42.5 Å². The first kappa shape index (κ1) is 19.2. The van der Waals surface area contributed by atoms with E-state index in [1.807, 2.05) is 30.1 Å². The third-order valence-corrected chi connectivity index (χ3v) is 5.66. The molecule has 1 saturated heterocycles. The maximum Gasteiger partial charge on any atom is 0.247 e. The SMILES string of the molecule is Cc1cccc(N2CCN(c3cnnc(N(C)Cc4ccccc4)n3)CC2)c1C. The number of piperazine rings is 1. The number of anilines is 3. The predicted molar refractivity (Wildman–Crippen MR) is 119 cm³/mol. The molecule has 29 heavy (non-hydrogen) atoms. The molecule has 1 aliphatic heterocycles. The maximum absolute atomic E-state index is 4.78. The van der Waals surface area contributed by atoms with Crippen LogP contribution in [0.15, 0.2) is 54.7 Å². The van der Waals surface area contributed by atoms with Gasteiger partial charge in [0.05, 0.1) is 6.20 Å². The average molecular weight is 389 g/mol. The van der Waals surface area contributed by atoms with Crippen molar-refractivity contribution in [3.63, 3.8) is 0 Å². The normalized spacial score (nSPS) is 14.2. The second-order valence-electron chi connectivity index (χ2n) is 7.65. The van der Waals surface area contributed by atoms with Gasteiger partial charge in [-0.15, -0.1) is 5.10 Å². The zero-order valence-corrected chi connectivity index (χ0v) is 17.4. The largest absolute Gasteiger partial charge is 0.368 e. The van der Waals surface area contributed by atoms with Gasteiger partial charge in [-0.3, -0.25) is 0 Å². The van der Waals surface area contributed by atoms with Crippen LogP contribution in [0.5, 0.6) is 0 Å². The molecular weight excluding hydrogens is 360 g/mol. The Morgan fingerprint density at radius 3 is 2.38 bits per heavy atom. The van der Waals surface area contributed by atoms with Gasteiger partial charge in [-0.05, 0) is 36.6 Å². The minimum absolute atomic E-state index is 0.656. The fraction of sp³-hybridized carbons (Fsp3) is 0.348. The van der Waals surface area contributed by atoms with Crippen LogP contribution in [0.25, 0.3) is 0 Å². The molecule has 3 aromatic rings. The molecule has 0 amide bonds. The molecule has 6 heteroatoms. The van der Waals surface area contributed by atoms with Crippen molar-refractivity contribution in [1.29, 1.82) is 0 Å². The van der Waals surface area contributed by atoms with Crippen molar-refractivity contribution in [2.45, 2.75) is 20.4 Å². The van der Waals surface area contributed by atoms with E-state index in [-0.39, 0.29) is 0 Å². The summed E-state index contributed by atoms with van der Waals surface area (Å²) in [7, 11) is 2.01. The number of aryl methyl sites for hydroxylation is 1. The van der Waals surface area contributed by atoms with Crippen LogP contribution < -0.4 is 14.7 Å². The van der Waals surface area contributed by atoms with Gasteiger partial charge in [0.2, 0.25) is 5.95 Å². The lowest BCUT2D eigenvalue weighted by molar-refractivity contribution is 0.642. The van der Waals surface area contributed by atoms with Crippen molar-refractivity contribution >= 4 is 17.5 Å². The minimum Gasteiger partial charge on any atom is -0.368 e. The predicted octanol–water partition coefficient (Wildman–Crippen LogP) is 3.45. The van der Waals surface area contributed by atoms with E-state index in [1.54, 1.807) is 6.20 Å². The van der Waals surface area contributed by atoms with Gasteiger partial charge in [0, 0.05) is 45.5 Å². The minimum atomic E-state index is 0.656. The highest BCUT2D eigenvalue weighted by Gasteiger charge is 2.21. The zero-order chi connectivity index (χ0) is 20.2. The Kier molecular flexibility index (Phi) is 5.60. The Bertz CT molecular complexity index is 951. The highest BCUT2D eigenvalue weighted by atomic mass is 15.4. The summed E-state index contributed by atoms with van der Waals surface area (Å²) in [6.07, 6.45) is 1.77. The van der Waals surface area contributed by atoms with Crippen molar-refractivity contribution in [2.75, 3.05) is 47.9 Å². The van der Waals surface area contributed by atoms with Crippen LogP contribution in [0.1, 0.15) is 16.7 Å². The van der Waals surface area contributed by atoms with Crippen molar-refractivity contribution < 1.29 is 0 Å². The Hall–Kier alpha value is -3.15. The fourth-order valence-corrected chi connectivity index (χ4v) is 3.78. The molecule has 4 rings (SSSR count). The number of aromatic nitrogens is 3. The number of hydrogen-bond acceptors (Lipinski definition) is 6. The monoisotopic (exact) mass is 388 g/mol. The van der Waals surface area contributed by atoms with E-state index in [4.69, 9.17) is 4.98 Å². The third-order valence-electron chi connectivity index (χ3n) is 5.66. The summed E-state index contributed by atoms with van der Waals surface area (Å²) in [5.74, 6) is 1.55. The summed E-state index contributed by atoms with van der Waals surface area (Å²) in [5.41, 5.74) is 5.28.